The van der Waals surface area contributed by atoms with Gasteiger partial charge in [0.2, 0.25) is 11.8 Å². The van der Waals surface area contributed by atoms with Gasteiger partial charge in [0, 0.05) is 18.7 Å². The smallest absolute Gasteiger partial charge is 0.244 e. The first kappa shape index (κ1) is 21.4. The molecule has 2 aromatic carbocycles. The van der Waals surface area contributed by atoms with Crippen LogP contribution in [0.5, 0.6) is 0 Å². The van der Waals surface area contributed by atoms with Gasteiger partial charge in [-0.15, -0.1) is 0 Å². The van der Waals surface area contributed by atoms with E-state index in [1.807, 2.05) is 62.6 Å². The van der Waals surface area contributed by atoms with Crippen LogP contribution in [0, 0.1) is 0 Å². The van der Waals surface area contributed by atoms with E-state index < -0.39 is 6.04 Å². The topological polar surface area (TPSA) is 61.4 Å². The number of hydrogen-bond acceptors (Lipinski definition) is 3. The Bertz CT molecular complexity index is 773. The lowest BCUT2D eigenvalue weighted by Gasteiger charge is -2.25. The predicted octanol–water partition coefficient (Wildman–Crippen LogP) is 2.49. The first-order valence-corrected chi connectivity index (χ1v) is 9.47. The van der Waals surface area contributed by atoms with E-state index in [4.69, 9.17) is 0 Å². The van der Waals surface area contributed by atoms with Gasteiger partial charge in [0.1, 0.15) is 6.04 Å². The van der Waals surface area contributed by atoms with Gasteiger partial charge in [-0.05, 0) is 44.6 Å². The molecule has 2 rings (SSSR count). The van der Waals surface area contributed by atoms with Gasteiger partial charge in [-0.25, -0.2) is 0 Å². The third-order valence-electron chi connectivity index (χ3n) is 4.54. The highest BCUT2D eigenvalue weighted by molar-refractivity contribution is 5.95. The Balaban J connectivity index is 1.81. The third-order valence-corrected chi connectivity index (χ3v) is 4.54. The lowest BCUT2D eigenvalue weighted by atomic mass is 10.1. The summed E-state index contributed by atoms with van der Waals surface area (Å²) in [5.74, 6) is -0.485. The van der Waals surface area contributed by atoms with E-state index in [-0.39, 0.29) is 17.9 Å². The number of likely N-dealkylation sites (N-methyl/N-ethyl adjacent to an activating group) is 1. The molecule has 0 fully saturated rings. The van der Waals surface area contributed by atoms with Crippen LogP contribution < -0.4 is 10.6 Å². The van der Waals surface area contributed by atoms with E-state index in [2.05, 4.69) is 27.7 Å². The molecule has 2 aromatic rings. The van der Waals surface area contributed by atoms with Gasteiger partial charge >= 0.3 is 0 Å². The quantitative estimate of drug-likeness (QED) is 0.658. The van der Waals surface area contributed by atoms with Gasteiger partial charge in [-0.3, -0.25) is 9.59 Å². The van der Waals surface area contributed by atoms with Crippen LogP contribution in [-0.2, 0) is 16.0 Å². The van der Waals surface area contributed by atoms with E-state index >= 15 is 0 Å². The molecule has 0 aliphatic rings. The summed E-state index contributed by atoms with van der Waals surface area (Å²) < 4.78 is 0. The Morgan fingerprint density at radius 1 is 1.00 bits per heavy atom. The molecule has 5 nitrogen and oxygen atoms in total. The molecule has 0 saturated heterocycles. The Morgan fingerprint density at radius 3 is 2.21 bits per heavy atom. The Hall–Kier alpha value is -2.92. The van der Waals surface area contributed by atoms with Gasteiger partial charge < -0.3 is 15.5 Å². The number of nitrogens with zero attached hydrogens (tertiary/aromatic N) is 1. The monoisotopic (exact) mass is 379 g/mol. The minimum Gasteiger partial charge on any atom is -0.353 e. The molecule has 0 aromatic heterocycles. The summed E-state index contributed by atoms with van der Waals surface area (Å²) in [4.78, 5) is 26.5. The Kier molecular flexibility index (Phi) is 8.43. The molecule has 148 valence electrons. The van der Waals surface area contributed by atoms with Crippen molar-refractivity contribution in [2.24, 2.45) is 0 Å². The summed E-state index contributed by atoms with van der Waals surface area (Å²) in [5.41, 5.74) is 2.16. The average molecular weight is 380 g/mol. The van der Waals surface area contributed by atoms with Crippen LogP contribution in [0.1, 0.15) is 18.1 Å². The van der Waals surface area contributed by atoms with Crippen molar-refractivity contribution < 1.29 is 9.59 Å². The summed E-state index contributed by atoms with van der Waals surface area (Å²) in [6.07, 6.45) is 4.01. The lowest BCUT2D eigenvalue weighted by molar-refractivity contribution is -0.126. The van der Waals surface area contributed by atoms with Gasteiger partial charge in [-0.1, -0.05) is 60.7 Å². The number of rotatable bonds is 9. The standard InChI is InChI=1S/C23H29N3O2/c1-18(25-22(27)15-14-19-10-6-4-7-11-19)23(28)24-17-21(26(2)3)16-20-12-8-5-9-13-20/h4-15,18,21H,16-17H2,1-3H3,(H,24,28)(H,25,27)/b15-14+. The SMILES string of the molecule is CC(NC(=O)/C=C/c1ccccc1)C(=O)NCC(Cc1ccccc1)N(C)C. The summed E-state index contributed by atoms with van der Waals surface area (Å²) in [6.45, 7) is 2.20. The zero-order valence-electron chi connectivity index (χ0n) is 16.8. The maximum absolute atomic E-state index is 12.4. The molecule has 0 saturated carbocycles. The van der Waals surface area contributed by atoms with Crippen molar-refractivity contribution in [1.82, 2.24) is 15.5 Å². The van der Waals surface area contributed by atoms with Crippen LogP contribution in [0.25, 0.3) is 6.08 Å². The average Bonchev–Trinajstić information content (AvgIpc) is 2.70. The van der Waals surface area contributed by atoms with E-state index in [1.54, 1.807) is 13.0 Å². The van der Waals surface area contributed by atoms with Crippen molar-refractivity contribution in [3.63, 3.8) is 0 Å². The van der Waals surface area contributed by atoms with E-state index in [0.717, 1.165) is 12.0 Å². The largest absolute Gasteiger partial charge is 0.353 e. The fraction of sp³-hybridized carbons (Fsp3) is 0.304. The normalized spacial score (nSPS) is 13.3. The fourth-order valence-corrected chi connectivity index (χ4v) is 2.76. The second-order valence-corrected chi connectivity index (χ2v) is 7.03. The van der Waals surface area contributed by atoms with Crippen LogP contribution in [0.3, 0.4) is 0 Å². The first-order valence-electron chi connectivity index (χ1n) is 9.47. The molecule has 0 aliphatic carbocycles. The van der Waals surface area contributed by atoms with Crippen LogP contribution in [-0.4, -0.2) is 49.4 Å². The van der Waals surface area contributed by atoms with Gasteiger partial charge in [-0.2, -0.15) is 0 Å². The van der Waals surface area contributed by atoms with Gasteiger partial charge in [0.05, 0.1) is 0 Å². The van der Waals surface area contributed by atoms with Crippen molar-refractivity contribution in [3.05, 3.63) is 77.9 Å². The number of benzene rings is 2. The molecule has 0 spiro atoms. The first-order chi connectivity index (χ1) is 13.5. The molecule has 2 N–H and O–H groups in total. The summed E-state index contributed by atoms with van der Waals surface area (Å²) in [7, 11) is 4.00. The highest BCUT2D eigenvalue weighted by Gasteiger charge is 2.18. The molecule has 2 amide bonds. The predicted molar refractivity (Wildman–Crippen MR) is 114 cm³/mol. The van der Waals surface area contributed by atoms with E-state index in [1.165, 1.54) is 11.6 Å². The minimum absolute atomic E-state index is 0.173. The molecule has 0 radical (unpaired) electrons. The molecule has 2 atom stereocenters. The molecule has 0 aliphatic heterocycles. The third kappa shape index (κ3) is 7.37. The summed E-state index contributed by atoms with van der Waals surface area (Å²) in [5, 5.41) is 5.65. The maximum atomic E-state index is 12.4. The number of nitrogens with one attached hydrogen (secondary N) is 2. The van der Waals surface area contributed by atoms with Gasteiger partial charge in [0.15, 0.2) is 0 Å². The maximum Gasteiger partial charge on any atom is 0.244 e. The second kappa shape index (κ2) is 11.0. The lowest BCUT2D eigenvalue weighted by Crippen LogP contribution is -2.48. The number of hydrogen-bond donors (Lipinski definition) is 2. The van der Waals surface area contributed by atoms with Crippen molar-refractivity contribution in [2.45, 2.75) is 25.4 Å². The van der Waals surface area contributed by atoms with Crippen molar-refractivity contribution in [3.8, 4) is 0 Å². The summed E-state index contributed by atoms with van der Waals surface area (Å²) >= 11 is 0. The van der Waals surface area contributed by atoms with Crippen molar-refractivity contribution in [2.75, 3.05) is 20.6 Å². The molecule has 2 unspecified atom stereocenters. The van der Waals surface area contributed by atoms with E-state index in [9.17, 15) is 9.59 Å². The number of carbonyl (C=O) groups excluding carboxylic acids is 2. The zero-order valence-corrected chi connectivity index (χ0v) is 16.8. The Labute approximate surface area is 167 Å². The van der Waals surface area contributed by atoms with Crippen molar-refractivity contribution in [1.29, 1.82) is 0 Å². The highest BCUT2D eigenvalue weighted by Crippen LogP contribution is 2.06. The van der Waals surface area contributed by atoms with E-state index in [0.29, 0.717) is 6.54 Å². The van der Waals surface area contributed by atoms with Crippen molar-refractivity contribution >= 4 is 17.9 Å². The molecule has 0 heterocycles. The zero-order chi connectivity index (χ0) is 20.4. The number of amides is 2. The van der Waals surface area contributed by atoms with Crippen LogP contribution in [0.2, 0.25) is 0 Å². The fourth-order valence-electron chi connectivity index (χ4n) is 2.76. The highest BCUT2D eigenvalue weighted by atomic mass is 16.2. The molecule has 28 heavy (non-hydrogen) atoms. The van der Waals surface area contributed by atoms with Crippen LogP contribution >= 0.6 is 0 Å². The Morgan fingerprint density at radius 2 is 1.61 bits per heavy atom. The second-order valence-electron chi connectivity index (χ2n) is 7.03. The number of carbonyl (C=O) groups is 2. The molecule has 5 heteroatoms. The van der Waals surface area contributed by atoms with Crippen LogP contribution in [0.15, 0.2) is 66.7 Å². The van der Waals surface area contributed by atoms with Gasteiger partial charge in [0.25, 0.3) is 0 Å². The molecular weight excluding hydrogens is 350 g/mol. The molecule has 0 bridgehead atoms. The minimum atomic E-state index is -0.604. The molecular formula is C23H29N3O2. The summed E-state index contributed by atoms with van der Waals surface area (Å²) in [6, 6.07) is 19.3. The van der Waals surface area contributed by atoms with Crippen LogP contribution in [0.4, 0.5) is 0 Å².